The van der Waals surface area contributed by atoms with E-state index in [0.29, 0.717) is 0 Å². The molecule has 0 bridgehead atoms. The summed E-state index contributed by atoms with van der Waals surface area (Å²) in [6.07, 6.45) is 6.47. The van der Waals surface area contributed by atoms with Gasteiger partial charge in [0.1, 0.15) is 0 Å². The maximum Gasteiger partial charge on any atom is 0.0767 e. The summed E-state index contributed by atoms with van der Waals surface area (Å²) in [4.78, 5) is 2.60. The van der Waals surface area contributed by atoms with Gasteiger partial charge in [-0.1, -0.05) is 26.7 Å². The van der Waals surface area contributed by atoms with Crippen LogP contribution >= 0.6 is 15.9 Å². The molecular weight excluding hydrogens is 314 g/mol. The molecule has 1 aliphatic rings. The van der Waals surface area contributed by atoms with E-state index in [1.807, 2.05) is 0 Å². The van der Waals surface area contributed by atoms with Crippen molar-refractivity contribution in [1.29, 1.82) is 0 Å². The van der Waals surface area contributed by atoms with Crippen LogP contribution < -0.4 is 0 Å². The molecule has 2 heterocycles. The molecule has 0 unspecified atom stereocenters. The molecule has 0 N–H and O–H groups in total. The summed E-state index contributed by atoms with van der Waals surface area (Å²) >= 11 is 3.76. The van der Waals surface area contributed by atoms with E-state index in [4.69, 9.17) is 5.10 Å². The summed E-state index contributed by atoms with van der Waals surface area (Å²) in [5, 5.41) is 4.70. The molecule has 1 aromatic rings. The lowest BCUT2D eigenvalue weighted by Crippen LogP contribution is -2.34. The van der Waals surface area contributed by atoms with Crippen molar-refractivity contribution < 1.29 is 0 Å². The molecule has 0 atom stereocenters. The van der Waals surface area contributed by atoms with Gasteiger partial charge >= 0.3 is 0 Å². The molecule has 2 rings (SSSR count). The van der Waals surface area contributed by atoms with Crippen molar-refractivity contribution in [3.63, 3.8) is 0 Å². The number of halogens is 1. The molecule has 1 saturated heterocycles. The van der Waals surface area contributed by atoms with E-state index < -0.39 is 0 Å². The molecule has 0 amide bonds. The van der Waals surface area contributed by atoms with Crippen LogP contribution in [-0.4, -0.2) is 27.8 Å². The molecule has 4 heteroatoms. The van der Waals surface area contributed by atoms with E-state index in [2.05, 4.69) is 46.3 Å². The number of aromatic nitrogens is 2. The second-order valence-electron chi connectivity index (χ2n) is 5.88. The number of piperidine rings is 1. The van der Waals surface area contributed by atoms with E-state index in [1.165, 1.54) is 54.6 Å². The predicted octanol–water partition coefficient (Wildman–Crippen LogP) is 4.24. The normalized spacial score (nSPS) is 17.8. The Bertz CT molecular complexity index is 420. The Balaban J connectivity index is 1.99. The van der Waals surface area contributed by atoms with Gasteiger partial charge in [0.2, 0.25) is 0 Å². The summed E-state index contributed by atoms with van der Waals surface area (Å²) in [6, 6.07) is 0. The van der Waals surface area contributed by atoms with Gasteiger partial charge in [-0.3, -0.25) is 9.58 Å². The van der Waals surface area contributed by atoms with Crippen molar-refractivity contribution in [2.75, 3.05) is 13.1 Å². The Labute approximate surface area is 131 Å². The number of nitrogens with zero attached hydrogens (tertiary/aromatic N) is 3. The van der Waals surface area contributed by atoms with Crippen LogP contribution in [0.25, 0.3) is 0 Å². The molecule has 20 heavy (non-hydrogen) atoms. The quantitative estimate of drug-likeness (QED) is 0.771. The van der Waals surface area contributed by atoms with Gasteiger partial charge in [-0.15, -0.1) is 0 Å². The summed E-state index contributed by atoms with van der Waals surface area (Å²) in [5.74, 6) is 0.960. The lowest BCUT2D eigenvalue weighted by molar-refractivity contribution is 0.167. The highest BCUT2D eigenvalue weighted by Crippen LogP contribution is 2.27. The molecule has 0 radical (unpaired) electrons. The third-order valence-corrected chi connectivity index (χ3v) is 5.39. The van der Waals surface area contributed by atoms with Gasteiger partial charge in [-0.05, 0) is 61.1 Å². The van der Waals surface area contributed by atoms with Crippen LogP contribution in [-0.2, 0) is 19.5 Å². The topological polar surface area (TPSA) is 21.1 Å². The van der Waals surface area contributed by atoms with Crippen molar-refractivity contribution in [1.82, 2.24) is 14.7 Å². The summed E-state index contributed by atoms with van der Waals surface area (Å²) in [6.45, 7) is 11.1. The van der Waals surface area contributed by atoms with E-state index in [-0.39, 0.29) is 0 Å². The SMILES string of the molecule is CCCC1CCN(Cc2c(Br)c(CC)nn2CC)CC1. The second kappa shape index (κ2) is 7.60. The Kier molecular flexibility index (Phi) is 6.09. The predicted molar refractivity (Wildman–Crippen MR) is 87.9 cm³/mol. The minimum atomic E-state index is 0.959. The number of hydrogen-bond donors (Lipinski definition) is 0. The van der Waals surface area contributed by atoms with Crippen LogP contribution in [0.5, 0.6) is 0 Å². The molecule has 3 nitrogen and oxygen atoms in total. The molecule has 0 spiro atoms. The lowest BCUT2D eigenvalue weighted by Gasteiger charge is -2.32. The van der Waals surface area contributed by atoms with Crippen LogP contribution in [0.2, 0.25) is 0 Å². The Morgan fingerprint density at radius 3 is 2.45 bits per heavy atom. The number of hydrogen-bond acceptors (Lipinski definition) is 2. The van der Waals surface area contributed by atoms with Crippen molar-refractivity contribution in [3.8, 4) is 0 Å². The maximum atomic E-state index is 4.70. The first-order chi connectivity index (χ1) is 9.69. The number of rotatable bonds is 6. The number of aryl methyl sites for hydroxylation is 2. The van der Waals surface area contributed by atoms with Crippen LogP contribution in [0, 0.1) is 5.92 Å². The first kappa shape index (κ1) is 16.0. The zero-order valence-corrected chi connectivity index (χ0v) is 14.7. The van der Waals surface area contributed by atoms with Gasteiger partial charge in [-0.2, -0.15) is 5.10 Å². The highest BCUT2D eigenvalue weighted by molar-refractivity contribution is 9.10. The largest absolute Gasteiger partial charge is 0.297 e. The zero-order chi connectivity index (χ0) is 14.5. The standard InChI is InChI=1S/C16H28BrN3/c1-4-7-13-8-10-19(11-9-13)12-15-16(17)14(5-2)18-20(15)6-3/h13H,4-12H2,1-3H3. The highest BCUT2D eigenvalue weighted by atomic mass is 79.9. The first-order valence-electron chi connectivity index (χ1n) is 8.15. The summed E-state index contributed by atoms with van der Waals surface area (Å²) in [5.41, 5.74) is 2.56. The van der Waals surface area contributed by atoms with E-state index >= 15 is 0 Å². The molecule has 1 fully saturated rings. The van der Waals surface area contributed by atoms with E-state index in [1.54, 1.807) is 0 Å². The number of likely N-dealkylation sites (tertiary alicyclic amines) is 1. The molecule has 0 saturated carbocycles. The fraction of sp³-hybridized carbons (Fsp3) is 0.812. The molecule has 1 aliphatic heterocycles. The zero-order valence-electron chi connectivity index (χ0n) is 13.2. The van der Waals surface area contributed by atoms with Gasteiger partial charge in [0, 0.05) is 13.1 Å². The van der Waals surface area contributed by atoms with Crippen LogP contribution in [0.4, 0.5) is 0 Å². The molecule has 0 aromatic carbocycles. The van der Waals surface area contributed by atoms with Gasteiger partial charge in [0.25, 0.3) is 0 Å². The van der Waals surface area contributed by atoms with Crippen LogP contribution in [0.1, 0.15) is 57.8 Å². The monoisotopic (exact) mass is 341 g/mol. The van der Waals surface area contributed by atoms with Gasteiger partial charge in [0.05, 0.1) is 15.9 Å². The third kappa shape index (κ3) is 3.64. The van der Waals surface area contributed by atoms with Crippen LogP contribution in [0.3, 0.4) is 0 Å². The van der Waals surface area contributed by atoms with Gasteiger partial charge in [-0.25, -0.2) is 0 Å². The molecular formula is C16H28BrN3. The summed E-state index contributed by atoms with van der Waals surface area (Å²) < 4.78 is 3.40. The van der Waals surface area contributed by atoms with E-state index in [9.17, 15) is 0 Å². The van der Waals surface area contributed by atoms with Crippen LogP contribution in [0.15, 0.2) is 4.47 Å². The molecule has 114 valence electrons. The summed E-state index contributed by atoms with van der Waals surface area (Å²) in [7, 11) is 0. The average Bonchev–Trinajstić information content (AvgIpc) is 2.77. The lowest BCUT2D eigenvalue weighted by atomic mass is 9.92. The average molecular weight is 342 g/mol. The smallest absolute Gasteiger partial charge is 0.0767 e. The maximum absolute atomic E-state index is 4.70. The third-order valence-electron chi connectivity index (χ3n) is 4.47. The van der Waals surface area contributed by atoms with Gasteiger partial charge in [0.15, 0.2) is 0 Å². The molecule has 0 aliphatic carbocycles. The highest BCUT2D eigenvalue weighted by Gasteiger charge is 2.21. The van der Waals surface area contributed by atoms with Crippen molar-refractivity contribution in [2.24, 2.45) is 5.92 Å². The first-order valence-corrected chi connectivity index (χ1v) is 8.95. The van der Waals surface area contributed by atoms with Crippen molar-refractivity contribution in [3.05, 3.63) is 15.9 Å². The fourth-order valence-electron chi connectivity index (χ4n) is 3.22. The Morgan fingerprint density at radius 2 is 1.90 bits per heavy atom. The minimum absolute atomic E-state index is 0.959. The van der Waals surface area contributed by atoms with Gasteiger partial charge < -0.3 is 0 Å². The molecule has 1 aromatic heterocycles. The van der Waals surface area contributed by atoms with Crippen molar-refractivity contribution in [2.45, 2.75) is 66.0 Å². The second-order valence-corrected chi connectivity index (χ2v) is 6.68. The minimum Gasteiger partial charge on any atom is -0.297 e. The fourth-order valence-corrected chi connectivity index (χ4v) is 3.91. The van der Waals surface area contributed by atoms with E-state index in [0.717, 1.165) is 25.4 Å². The van der Waals surface area contributed by atoms with Crippen molar-refractivity contribution >= 4 is 15.9 Å². The Hall–Kier alpha value is -0.350. The Morgan fingerprint density at radius 1 is 1.20 bits per heavy atom.